The summed E-state index contributed by atoms with van der Waals surface area (Å²) in [5.74, 6) is 0. The Balaban J connectivity index is 3.68. The molecule has 0 aliphatic carbocycles. The van der Waals surface area contributed by atoms with Crippen molar-refractivity contribution in [1.82, 2.24) is 4.90 Å². The average molecular weight is 247 g/mol. The molecule has 0 aliphatic heterocycles. The molecule has 0 spiro atoms. The van der Waals surface area contributed by atoms with E-state index in [1.165, 1.54) is 0 Å². The fourth-order valence-corrected chi connectivity index (χ4v) is 1.51. The molecule has 0 bridgehead atoms. The summed E-state index contributed by atoms with van der Waals surface area (Å²) in [5, 5.41) is 0. The third-order valence-corrected chi connectivity index (χ3v) is 2.36. The molecule has 13 heavy (non-hydrogen) atoms. The number of rotatable bonds is 6. The van der Waals surface area contributed by atoms with Gasteiger partial charge in [-0.3, -0.25) is 0 Å². The molecule has 0 saturated carbocycles. The van der Waals surface area contributed by atoms with Crippen molar-refractivity contribution >= 4 is 34.8 Å². The van der Waals surface area contributed by atoms with E-state index < -0.39 is 3.79 Å². The molecule has 0 aromatic carbocycles. The lowest BCUT2D eigenvalue weighted by Crippen LogP contribution is -2.28. The van der Waals surface area contributed by atoms with Crippen LogP contribution in [0.3, 0.4) is 0 Å². The predicted octanol–water partition coefficient (Wildman–Crippen LogP) is 3.87. The van der Waals surface area contributed by atoms with E-state index in [9.17, 15) is 0 Å². The Morgan fingerprint density at radius 2 is 1.38 bits per heavy atom. The SMILES string of the molecule is CCCN(CCC)CCC(Cl)(Cl)Cl. The lowest BCUT2D eigenvalue weighted by Gasteiger charge is -2.22. The summed E-state index contributed by atoms with van der Waals surface area (Å²) < 4.78 is -1.10. The first-order valence-corrected chi connectivity index (χ1v) is 5.92. The highest BCUT2D eigenvalue weighted by atomic mass is 35.6. The van der Waals surface area contributed by atoms with Crippen LogP contribution in [0.15, 0.2) is 0 Å². The molecule has 0 unspecified atom stereocenters. The first-order valence-electron chi connectivity index (χ1n) is 4.78. The smallest absolute Gasteiger partial charge is 0.191 e. The number of halogens is 3. The second-order valence-corrected chi connectivity index (χ2v) is 5.72. The summed E-state index contributed by atoms with van der Waals surface area (Å²) in [4.78, 5) is 2.34. The van der Waals surface area contributed by atoms with E-state index in [-0.39, 0.29) is 0 Å². The van der Waals surface area contributed by atoms with Crippen molar-refractivity contribution in [3.63, 3.8) is 0 Å². The quantitative estimate of drug-likeness (QED) is 0.643. The molecule has 80 valence electrons. The van der Waals surface area contributed by atoms with Crippen molar-refractivity contribution in [2.45, 2.75) is 36.9 Å². The van der Waals surface area contributed by atoms with Crippen LogP contribution in [-0.4, -0.2) is 28.3 Å². The van der Waals surface area contributed by atoms with Gasteiger partial charge < -0.3 is 4.90 Å². The molecule has 0 heterocycles. The fourth-order valence-electron chi connectivity index (χ4n) is 1.25. The van der Waals surface area contributed by atoms with E-state index in [4.69, 9.17) is 34.8 Å². The van der Waals surface area contributed by atoms with Crippen LogP contribution in [0.25, 0.3) is 0 Å². The van der Waals surface area contributed by atoms with Gasteiger partial charge in [-0.2, -0.15) is 0 Å². The number of hydrogen-bond donors (Lipinski definition) is 0. The molecular weight excluding hydrogens is 228 g/mol. The fraction of sp³-hybridized carbons (Fsp3) is 1.00. The molecule has 0 N–H and O–H groups in total. The molecule has 0 fully saturated rings. The second-order valence-electron chi connectivity index (χ2n) is 3.21. The van der Waals surface area contributed by atoms with Crippen molar-refractivity contribution in [1.29, 1.82) is 0 Å². The third-order valence-electron chi connectivity index (χ3n) is 1.79. The molecule has 4 heteroatoms. The summed E-state index contributed by atoms with van der Waals surface area (Å²) in [6, 6.07) is 0. The summed E-state index contributed by atoms with van der Waals surface area (Å²) in [7, 11) is 0. The van der Waals surface area contributed by atoms with Crippen molar-refractivity contribution in [3.05, 3.63) is 0 Å². The highest BCUT2D eigenvalue weighted by Gasteiger charge is 2.20. The number of nitrogens with zero attached hydrogens (tertiary/aromatic N) is 1. The van der Waals surface area contributed by atoms with Crippen molar-refractivity contribution < 1.29 is 0 Å². The Morgan fingerprint density at radius 3 is 1.69 bits per heavy atom. The van der Waals surface area contributed by atoms with Crippen LogP contribution in [0, 0.1) is 0 Å². The zero-order chi connectivity index (χ0) is 10.3. The highest BCUT2D eigenvalue weighted by molar-refractivity contribution is 6.67. The van der Waals surface area contributed by atoms with E-state index in [1.807, 2.05) is 0 Å². The molecule has 1 nitrogen and oxygen atoms in total. The lowest BCUT2D eigenvalue weighted by molar-refractivity contribution is 0.272. The minimum atomic E-state index is -1.10. The maximum atomic E-state index is 5.68. The van der Waals surface area contributed by atoms with Gasteiger partial charge >= 0.3 is 0 Å². The zero-order valence-electron chi connectivity index (χ0n) is 8.32. The molecular formula is C9H18Cl3N. The predicted molar refractivity (Wildman–Crippen MR) is 61.9 cm³/mol. The van der Waals surface area contributed by atoms with Crippen LogP contribution in [0.5, 0.6) is 0 Å². The van der Waals surface area contributed by atoms with E-state index in [0.717, 1.165) is 32.5 Å². The van der Waals surface area contributed by atoms with E-state index in [2.05, 4.69) is 18.7 Å². The monoisotopic (exact) mass is 245 g/mol. The van der Waals surface area contributed by atoms with Gasteiger partial charge in [-0.05, 0) is 25.9 Å². The largest absolute Gasteiger partial charge is 0.303 e. The molecule has 0 aliphatic rings. The normalized spacial score (nSPS) is 12.5. The Morgan fingerprint density at radius 1 is 0.923 bits per heavy atom. The maximum absolute atomic E-state index is 5.68. The summed E-state index contributed by atoms with van der Waals surface area (Å²) in [6.45, 7) is 7.39. The number of hydrogen-bond acceptors (Lipinski definition) is 1. The zero-order valence-corrected chi connectivity index (χ0v) is 10.6. The molecule has 0 rings (SSSR count). The standard InChI is InChI=1S/C9H18Cl3N/c1-3-6-13(7-4-2)8-5-9(10,11)12/h3-8H2,1-2H3. The Kier molecular flexibility index (Phi) is 7.62. The summed E-state index contributed by atoms with van der Waals surface area (Å²) >= 11 is 17.0. The Bertz CT molecular complexity index is 117. The summed E-state index contributed by atoms with van der Waals surface area (Å²) in [5.41, 5.74) is 0. The Hall–Kier alpha value is 0.830. The van der Waals surface area contributed by atoms with Crippen LogP contribution < -0.4 is 0 Å². The van der Waals surface area contributed by atoms with Gasteiger partial charge in [0, 0.05) is 13.0 Å². The summed E-state index contributed by atoms with van der Waals surface area (Å²) in [6.07, 6.45) is 2.91. The van der Waals surface area contributed by atoms with Crippen LogP contribution in [0.2, 0.25) is 0 Å². The van der Waals surface area contributed by atoms with Gasteiger partial charge in [-0.15, -0.1) is 0 Å². The van der Waals surface area contributed by atoms with Crippen LogP contribution in [-0.2, 0) is 0 Å². The third kappa shape index (κ3) is 9.14. The molecule has 0 aromatic heterocycles. The van der Waals surface area contributed by atoms with Gasteiger partial charge in [0.15, 0.2) is 3.79 Å². The van der Waals surface area contributed by atoms with Gasteiger partial charge in [-0.1, -0.05) is 48.7 Å². The van der Waals surface area contributed by atoms with Crippen LogP contribution in [0.1, 0.15) is 33.1 Å². The first kappa shape index (κ1) is 13.8. The van der Waals surface area contributed by atoms with Crippen molar-refractivity contribution in [2.24, 2.45) is 0 Å². The molecule has 0 atom stereocenters. The van der Waals surface area contributed by atoms with E-state index >= 15 is 0 Å². The van der Waals surface area contributed by atoms with Gasteiger partial charge in [0.1, 0.15) is 0 Å². The molecule has 0 aromatic rings. The van der Waals surface area contributed by atoms with Crippen LogP contribution in [0.4, 0.5) is 0 Å². The van der Waals surface area contributed by atoms with E-state index in [0.29, 0.717) is 6.42 Å². The maximum Gasteiger partial charge on any atom is 0.191 e. The van der Waals surface area contributed by atoms with Gasteiger partial charge in [0.05, 0.1) is 0 Å². The minimum Gasteiger partial charge on any atom is -0.303 e. The van der Waals surface area contributed by atoms with Gasteiger partial charge in [0.25, 0.3) is 0 Å². The molecule has 0 radical (unpaired) electrons. The van der Waals surface area contributed by atoms with Gasteiger partial charge in [-0.25, -0.2) is 0 Å². The van der Waals surface area contributed by atoms with Gasteiger partial charge in [0.2, 0.25) is 0 Å². The van der Waals surface area contributed by atoms with Crippen LogP contribution >= 0.6 is 34.8 Å². The van der Waals surface area contributed by atoms with Crippen molar-refractivity contribution in [3.8, 4) is 0 Å². The van der Waals surface area contributed by atoms with E-state index in [1.54, 1.807) is 0 Å². The minimum absolute atomic E-state index is 0.609. The number of alkyl halides is 3. The first-order chi connectivity index (χ1) is 5.99. The highest BCUT2D eigenvalue weighted by Crippen LogP contribution is 2.30. The topological polar surface area (TPSA) is 3.24 Å². The Labute approximate surface area is 96.3 Å². The lowest BCUT2D eigenvalue weighted by atomic mass is 10.3. The molecule has 0 amide bonds. The second kappa shape index (κ2) is 7.17. The van der Waals surface area contributed by atoms with Crippen molar-refractivity contribution in [2.75, 3.05) is 19.6 Å². The average Bonchev–Trinajstić information content (AvgIpc) is 2.00. The molecule has 0 saturated heterocycles.